The van der Waals surface area contributed by atoms with Crippen LogP contribution in [0.4, 0.5) is 5.69 Å². The van der Waals surface area contributed by atoms with Crippen LogP contribution in [0.15, 0.2) is 24.3 Å². The summed E-state index contributed by atoms with van der Waals surface area (Å²) < 4.78 is 0. The molecule has 1 aromatic rings. The van der Waals surface area contributed by atoms with E-state index in [1.165, 1.54) is 24.3 Å². The van der Waals surface area contributed by atoms with Crippen LogP contribution in [0.2, 0.25) is 0 Å². The van der Waals surface area contributed by atoms with Gasteiger partial charge in [0.1, 0.15) is 0 Å². The Kier molecular flexibility index (Phi) is 4.06. The monoisotopic (exact) mass is 209 g/mol. The molecule has 0 spiro atoms. The molecule has 0 aliphatic heterocycles. The molecule has 0 amide bonds. The fourth-order valence-corrected chi connectivity index (χ4v) is 0.666. The van der Waals surface area contributed by atoms with Gasteiger partial charge in [0.05, 0.1) is 4.92 Å². The average Bonchev–Trinajstić information content (AvgIpc) is 2.05. The number of nitro benzene ring substituents is 1. The van der Waals surface area contributed by atoms with E-state index in [1.807, 2.05) is 0 Å². The van der Waals surface area contributed by atoms with E-state index in [-0.39, 0.29) is 22.8 Å². The number of nitrogens with zero attached hydrogens (tertiary/aromatic N) is 1. The molecule has 0 aromatic heterocycles. The second-order valence-electron chi connectivity index (χ2n) is 1.93. The van der Waals surface area contributed by atoms with Crippen molar-refractivity contribution in [2.24, 2.45) is 0 Å². The van der Waals surface area contributed by atoms with E-state index in [2.05, 4.69) is 5.92 Å². The van der Waals surface area contributed by atoms with Crippen LogP contribution in [-0.2, 0) is 17.1 Å². The third-order valence-corrected chi connectivity index (χ3v) is 1.22. The molecule has 0 unspecified atom stereocenters. The quantitative estimate of drug-likeness (QED) is 0.232. The number of hydrogen-bond donors (Lipinski definition) is 0. The fraction of sp³-hybridized carbons (Fsp3) is 0. The van der Waals surface area contributed by atoms with Crippen molar-refractivity contribution in [3.05, 3.63) is 46.4 Å². The molecule has 0 aliphatic rings. The molecule has 12 heavy (non-hydrogen) atoms. The zero-order valence-electron chi connectivity index (χ0n) is 5.87. The van der Waals surface area contributed by atoms with Crippen molar-refractivity contribution in [1.29, 1.82) is 0 Å². The van der Waals surface area contributed by atoms with Crippen LogP contribution < -0.4 is 0 Å². The first-order valence-corrected chi connectivity index (χ1v) is 2.91. The van der Waals surface area contributed by atoms with Crippen molar-refractivity contribution >= 4 is 5.69 Å². The zero-order valence-corrected chi connectivity index (χ0v) is 6.82. The molecule has 3 nitrogen and oxygen atoms in total. The SMILES string of the molecule is [C-]#Cc1ccc([N+](=O)[O-])cc1.[Cu+]. The van der Waals surface area contributed by atoms with E-state index in [0.717, 1.165) is 0 Å². The Bertz CT molecular complexity index is 313. The van der Waals surface area contributed by atoms with Crippen LogP contribution >= 0.6 is 0 Å². The smallest absolute Gasteiger partial charge is 0.366 e. The molecule has 0 saturated carbocycles. The Morgan fingerprint density at radius 2 is 1.83 bits per heavy atom. The van der Waals surface area contributed by atoms with Gasteiger partial charge in [0.25, 0.3) is 5.69 Å². The van der Waals surface area contributed by atoms with Gasteiger partial charge in [-0.15, -0.1) is 17.7 Å². The summed E-state index contributed by atoms with van der Waals surface area (Å²) in [6.45, 7) is 0. The summed E-state index contributed by atoms with van der Waals surface area (Å²) >= 11 is 0. The fourth-order valence-electron chi connectivity index (χ4n) is 0.666. The number of nitro groups is 1. The van der Waals surface area contributed by atoms with Crippen LogP contribution in [0.5, 0.6) is 0 Å². The van der Waals surface area contributed by atoms with Crippen LogP contribution in [0, 0.1) is 22.5 Å². The molecule has 0 saturated heterocycles. The van der Waals surface area contributed by atoms with Gasteiger partial charge in [-0.3, -0.25) is 16.0 Å². The van der Waals surface area contributed by atoms with E-state index >= 15 is 0 Å². The minimum absolute atomic E-state index is 0. The molecule has 0 bridgehead atoms. The van der Waals surface area contributed by atoms with E-state index in [1.54, 1.807) is 0 Å². The molecule has 4 heteroatoms. The molecule has 0 fully saturated rings. The molecule has 1 rings (SSSR count). The average molecular weight is 210 g/mol. The van der Waals surface area contributed by atoms with Gasteiger partial charge < -0.3 is 6.42 Å². The molecular weight excluding hydrogens is 206 g/mol. The van der Waals surface area contributed by atoms with Gasteiger partial charge in [0.15, 0.2) is 0 Å². The Morgan fingerprint density at radius 3 is 2.17 bits per heavy atom. The normalized spacial score (nSPS) is 7.92. The van der Waals surface area contributed by atoms with Crippen molar-refractivity contribution < 1.29 is 22.0 Å². The van der Waals surface area contributed by atoms with Gasteiger partial charge in [0, 0.05) is 0 Å². The zero-order chi connectivity index (χ0) is 8.27. The first-order valence-electron chi connectivity index (χ1n) is 2.91. The van der Waals surface area contributed by atoms with Gasteiger partial charge in [-0.2, -0.15) is 0 Å². The van der Waals surface area contributed by atoms with Gasteiger partial charge in [-0.05, 0) is 12.1 Å². The number of benzene rings is 1. The number of hydrogen-bond acceptors (Lipinski definition) is 2. The summed E-state index contributed by atoms with van der Waals surface area (Å²) in [5.74, 6) is 2.12. The topological polar surface area (TPSA) is 43.1 Å². The number of rotatable bonds is 1. The predicted octanol–water partition coefficient (Wildman–Crippen LogP) is 1.53. The van der Waals surface area contributed by atoms with Crippen LogP contribution in [-0.4, -0.2) is 4.92 Å². The minimum Gasteiger partial charge on any atom is -0.366 e. The standard InChI is InChI=1S/C8H4NO2.Cu/c1-2-7-3-5-8(6-4-7)9(10)11;/h3-6H;/q-1;+1. The molecule has 64 valence electrons. The summed E-state index contributed by atoms with van der Waals surface area (Å²) in [5.41, 5.74) is 0.569. The molecular formula is C8H4CuNO2. The van der Waals surface area contributed by atoms with Gasteiger partial charge in [-0.25, -0.2) is 0 Å². The Balaban J connectivity index is 0.00000121. The third-order valence-electron chi connectivity index (χ3n) is 1.22. The van der Waals surface area contributed by atoms with Crippen LogP contribution in [0.1, 0.15) is 5.56 Å². The summed E-state index contributed by atoms with van der Waals surface area (Å²) in [5, 5.41) is 10.1. The van der Waals surface area contributed by atoms with Gasteiger partial charge >= 0.3 is 17.1 Å². The Hall–Kier alpha value is -1.30. The van der Waals surface area contributed by atoms with E-state index in [0.29, 0.717) is 5.56 Å². The third kappa shape index (κ3) is 2.39. The molecule has 0 aliphatic carbocycles. The first-order chi connectivity index (χ1) is 5.24. The van der Waals surface area contributed by atoms with Gasteiger partial charge in [0.2, 0.25) is 0 Å². The number of non-ortho nitro benzene ring substituents is 1. The maximum atomic E-state index is 10.1. The summed E-state index contributed by atoms with van der Waals surface area (Å²) in [6, 6.07) is 5.64. The maximum Gasteiger partial charge on any atom is 1.00 e. The van der Waals surface area contributed by atoms with Crippen molar-refractivity contribution in [1.82, 2.24) is 0 Å². The summed E-state index contributed by atoms with van der Waals surface area (Å²) in [4.78, 5) is 9.66. The summed E-state index contributed by atoms with van der Waals surface area (Å²) in [7, 11) is 0. The van der Waals surface area contributed by atoms with E-state index < -0.39 is 4.92 Å². The van der Waals surface area contributed by atoms with Crippen molar-refractivity contribution in [3.8, 4) is 5.92 Å². The predicted molar refractivity (Wildman–Crippen MR) is 39.3 cm³/mol. The molecule has 0 heterocycles. The molecule has 1 aromatic carbocycles. The largest absolute Gasteiger partial charge is 1.00 e. The van der Waals surface area contributed by atoms with Crippen molar-refractivity contribution in [2.45, 2.75) is 0 Å². The Morgan fingerprint density at radius 1 is 1.33 bits per heavy atom. The van der Waals surface area contributed by atoms with E-state index in [9.17, 15) is 10.1 Å². The van der Waals surface area contributed by atoms with Gasteiger partial charge in [-0.1, -0.05) is 0 Å². The van der Waals surface area contributed by atoms with Crippen LogP contribution in [0.3, 0.4) is 0 Å². The Labute approximate surface area is 80.4 Å². The maximum absolute atomic E-state index is 10.1. The molecule has 0 N–H and O–H groups in total. The first kappa shape index (κ1) is 10.7. The summed E-state index contributed by atoms with van der Waals surface area (Å²) in [6.07, 6.45) is 6.70. The molecule has 0 radical (unpaired) electrons. The second kappa shape index (κ2) is 4.55. The van der Waals surface area contributed by atoms with Crippen molar-refractivity contribution in [3.63, 3.8) is 0 Å². The van der Waals surface area contributed by atoms with Crippen molar-refractivity contribution in [2.75, 3.05) is 0 Å². The van der Waals surface area contributed by atoms with Crippen LogP contribution in [0.25, 0.3) is 0 Å². The molecule has 0 atom stereocenters. The minimum atomic E-state index is -0.478. The second-order valence-corrected chi connectivity index (χ2v) is 1.93. The van der Waals surface area contributed by atoms with E-state index in [4.69, 9.17) is 6.42 Å².